The molecule has 0 saturated carbocycles. The lowest BCUT2D eigenvalue weighted by atomic mass is 10.1. The van der Waals surface area contributed by atoms with Crippen molar-refractivity contribution in [2.75, 3.05) is 0 Å². The molecule has 2 aromatic heterocycles. The summed E-state index contributed by atoms with van der Waals surface area (Å²) in [7, 11) is 0. The van der Waals surface area contributed by atoms with Gasteiger partial charge in [0.1, 0.15) is 0 Å². The second-order valence-corrected chi connectivity index (χ2v) is 7.05. The zero-order chi connectivity index (χ0) is 15.7. The minimum absolute atomic E-state index is 0.0918. The summed E-state index contributed by atoms with van der Waals surface area (Å²) < 4.78 is 1.58. The van der Waals surface area contributed by atoms with Gasteiger partial charge in [-0.1, -0.05) is 25.4 Å². The second-order valence-electron chi connectivity index (χ2n) is 5.67. The van der Waals surface area contributed by atoms with Crippen molar-refractivity contribution >= 4 is 33.8 Å². The molecule has 2 heterocycles. The molecule has 0 bridgehead atoms. The maximum absolute atomic E-state index is 12.5. The van der Waals surface area contributed by atoms with Crippen molar-refractivity contribution in [1.29, 1.82) is 0 Å². The van der Waals surface area contributed by atoms with Gasteiger partial charge in [-0.15, -0.1) is 11.3 Å². The van der Waals surface area contributed by atoms with Crippen molar-refractivity contribution in [1.82, 2.24) is 14.5 Å². The quantitative estimate of drug-likeness (QED) is 0.730. The van der Waals surface area contributed by atoms with Gasteiger partial charge in [0, 0.05) is 16.8 Å². The van der Waals surface area contributed by atoms with E-state index in [2.05, 4.69) is 23.8 Å². The zero-order valence-corrected chi connectivity index (χ0v) is 14.0. The first-order valence-electron chi connectivity index (χ1n) is 7.11. The van der Waals surface area contributed by atoms with Crippen LogP contribution in [0.1, 0.15) is 24.5 Å². The minimum atomic E-state index is -0.0918. The van der Waals surface area contributed by atoms with Crippen molar-refractivity contribution in [2.45, 2.75) is 26.8 Å². The van der Waals surface area contributed by atoms with Gasteiger partial charge in [0.05, 0.1) is 34.5 Å². The van der Waals surface area contributed by atoms with Gasteiger partial charge in [-0.3, -0.25) is 9.36 Å². The van der Waals surface area contributed by atoms with Crippen molar-refractivity contribution in [2.24, 2.45) is 5.92 Å². The van der Waals surface area contributed by atoms with Gasteiger partial charge in [0.15, 0.2) is 0 Å². The Hall–Kier alpha value is -1.72. The van der Waals surface area contributed by atoms with E-state index >= 15 is 0 Å². The van der Waals surface area contributed by atoms with Crippen LogP contribution in [0.5, 0.6) is 0 Å². The highest BCUT2D eigenvalue weighted by molar-refractivity contribution is 7.09. The van der Waals surface area contributed by atoms with Gasteiger partial charge in [-0.05, 0) is 24.1 Å². The third-order valence-electron chi connectivity index (χ3n) is 3.30. The van der Waals surface area contributed by atoms with Crippen molar-refractivity contribution < 1.29 is 0 Å². The molecule has 0 N–H and O–H groups in total. The lowest BCUT2D eigenvalue weighted by Gasteiger charge is -2.05. The molecule has 3 aromatic rings. The Labute approximate surface area is 137 Å². The number of benzene rings is 1. The molecule has 6 heteroatoms. The van der Waals surface area contributed by atoms with Crippen LogP contribution in [-0.4, -0.2) is 14.5 Å². The average molecular weight is 334 g/mol. The summed E-state index contributed by atoms with van der Waals surface area (Å²) in [6.45, 7) is 4.77. The topological polar surface area (TPSA) is 47.8 Å². The van der Waals surface area contributed by atoms with Crippen LogP contribution >= 0.6 is 22.9 Å². The maximum Gasteiger partial charge on any atom is 0.261 e. The summed E-state index contributed by atoms with van der Waals surface area (Å²) >= 11 is 7.61. The van der Waals surface area contributed by atoms with Crippen LogP contribution in [0.15, 0.2) is 34.7 Å². The molecule has 0 radical (unpaired) electrons. The lowest BCUT2D eigenvalue weighted by Crippen LogP contribution is -2.21. The minimum Gasteiger partial charge on any atom is -0.293 e. The Bertz CT molecular complexity index is 869. The van der Waals surface area contributed by atoms with E-state index in [4.69, 9.17) is 11.6 Å². The Kier molecular flexibility index (Phi) is 4.27. The van der Waals surface area contributed by atoms with Gasteiger partial charge in [-0.2, -0.15) is 0 Å². The first kappa shape index (κ1) is 15.2. The maximum atomic E-state index is 12.5. The molecule has 0 unspecified atom stereocenters. The summed E-state index contributed by atoms with van der Waals surface area (Å²) in [5.74, 6) is 0.575. The molecule has 0 aliphatic heterocycles. The largest absolute Gasteiger partial charge is 0.293 e. The fourth-order valence-electron chi connectivity index (χ4n) is 2.28. The molecule has 0 fully saturated rings. The SMILES string of the molecule is CC(C)Cc1nc(Cn2cnc3ccc(Cl)cc3c2=O)cs1. The van der Waals surface area contributed by atoms with Crippen molar-refractivity contribution in [3.8, 4) is 0 Å². The third kappa shape index (κ3) is 3.20. The fraction of sp³-hybridized carbons (Fsp3) is 0.312. The van der Waals surface area contributed by atoms with E-state index in [1.807, 2.05) is 5.38 Å². The molecule has 1 aromatic carbocycles. The third-order valence-corrected chi connectivity index (χ3v) is 4.46. The van der Waals surface area contributed by atoms with Crippen LogP contribution < -0.4 is 5.56 Å². The first-order valence-corrected chi connectivity index (χ1v) is 8.36. The van der Waals surface area contributed by atoms with Crippen LogP contribution in [0, 0.1) is 5.92 Å². The van der Waals surface area contributed by atoms with E-state index in [-0.39, 0.29) is 5.56 Å². The van der Waals surface area contributed by atoms with E-state index in [1.54, 1.807) is 40.4 Å². The zero-order valence-electron chi connectivity index (χ0n) is 12.4. The second kappa shape index (κ2) is 6.18. The molecule has 0 atom stereocenters. The molecule has 0 aliphatic carbocycles. The Morgan fingerprint density at radius 2 is 2.18 bits per heavy atom. The molecule has 0 saturated heterocycles. The number of rotatable bonds is 4. The Morgan fingerprint density at radius 3 is 2.95 bits per heavy atom. The lowest BCUT2D eigenvalue weighted by molar-refractivity contribution is 0.640. The van der Waals surface area contributed by atoms with Crippen molar-refractivity contribution in [3.63, 3.8) is 0 Å². The highest BCUT2D eigenvalue weighted by Crippen LogP contribution is 2.16. The highest BCUT2D eigenvalue weighted by atomic mass is 35.5. The molecular formula is C16H16ClN3OS. The monoisotopic (exact) mass is 333 g/mol. The normalized spacial score (nSPS) is 11.5. The van der Waals surface area contributed by atoms with E-state index in [1.165, 1.54) is 0 Å². The number of fused-ring (bicyclic) bond motifs is 1. The number of thiazole rings is 1. The number of hydrogen-bond acceptors (Lipinski definition) is 4. The highest BCUT2D eigenvalue weighted by Gasteiger charge is 2.08. The van der Waals surface area contributed by atoms with Gasteiger partial charge < -0.3 is 0 Å². The summed E-state index contributed by atoms with van der Waals surface area (Å²) in [6, 6.07) is 5.15. The molecule has 0 aliphatic rings. The van der Waals surface area contributed by atoms with Gasteiger partial charge in [-0.25, -0.2) is 9.97 Å². The molecular weight excluding hydrogens is 318 g/mol. The molecule has 22 heavy (non-hydrogen) atoms. The van der Waals surface area contributed by atoms with Crippen LogP contribution in [0.3, 0.4) is 0 Å². The van der Waals surface area contributed by atoms with Crippen LogP contribution in [0.25, 0.3) is 10.9 Å². The predicted octanol–water partition coefficient (Wildman–Crippen LogP) is 3.75. The fourth-order valence-corrected chi connectivity index (χ4v) is 3.45. The molecule has 0 spiro atoms. The molecule has 114 valence electrons. The standard InChI is InChI=1S/C16H16ClN3OS/c1-10(2)5-15-19-12(8-22-15)7-20-9-18-14-4-3-11(17)6-13(14)16(20)21/h3-4,6,8-10H,5,7H2,1-2H3. The van der Waals surface area contributed by atoms with E-state index in [9.17, 15) is 4.79 Å². The first-order chi connectivity index (χ1) is 10.5. The van der Waals surface area contributed by atoms with Crippen LogP contribution in [-0.2, 0) is 13.0 Å². The van der Waals surface area contributed by atoms with E-state index in [0.717, 1.165) is 17.1 Å². The van der Waals surface area contributed by atoms with Gasteiger partial charge in [0.25, 0.3) is 5.56 Å². The Balaban J connectivity index is 1.92. The average Bonchev–Trinajstić information content (AvgIpc) is 2.89. The number of nitrogens with zero attached hydrogens (tertiary/aromatic N) is 3. The Morgan fingerprint density at radius 1 is 1.36 bits per heavy atom. The van der Waals surface area contributed by atoms with Gasteiger partial charge >= 0.3 is 0 Å². The summed E-state index contributed by atoms with van der Waals surface area (Å²) in [6.07, 6.45) is 2.53. The smallest absolute Gasteiger partial charge is 0.261 e. The van der Waals surface area contributed by atoms with Crippen LogP contribution in [0.2, 0.25) is 5.02 Å². The number of aromatic nitrogens is 3. The van der Waals surface area contributed by atoms with Crippen molar-refractivity contribution in [3.05, 3.63) is 56.0 Å². The van der Waals surface area contributed by atoms with Gasteiger partial charge in [0.2, 0.25) is 0 Å². The number of halogens is 1. The summed E-state index contributed by atoms with van der Waals surface area (Å²) in [5, 5.41) is 4.19. The number of hydrogen-bond donors (Lipinski definition) is 0. The van der Waals surface area contributed by atoms with E-state index < -0.39 is 0 Å². The van der Waals surface area contributed by atoms with E-state index in [0.29, 0.717) is 28.4 Å². The molecule has 3 rings (SSSR count). The molecule has 0 amide bonds. The summed E-state index contributed by atoms with van der Waals surface area (Å²) in [4.78, 5) is 21.4. The van der Waals surface area contributed by atoms with Crippen LogP contribution in [0.4, 0.5) is 0 Å². The predicted molar refractivity (Wildman–Crippen MR) is 90.8 cm³/mol. The summed E-state index contributed by atoms with van der Waals surface area (Å²) in [5.41, 5.74) is 1.46. The molecule has 4 nitrogen and oxygen atoms in total.